The average molecular weight is 370 g/mol. The van der Waals surface area contributed by atoms with Crippen LogP contribution in [-0.4, -0.2) is 20.4 Å². The molecule has 9 heteroatoms. The van der Waals surface area contributed by atoms with Crippen LogP contribution in [0.1, 0.15) is 18.1 Å². The zero-order valence-corrected chi connectivity index (χ0v) is 14.4. The van der Waals surface area contributed by atoms with Gasteiger partial charge in [0.2, 0.25) is 0 Å². The van der Waals surface area contributed by atoms with Crippen molar-refractivity contribution in [1.29, 1.82) is 5.26 Å². The minimum atomic E-state index is -3.81. The van der Waals surface area contributed by atoms with Gasteiger partial charge in [0.15, 0.2) is 0 Å². The highest BCUT2D eigenvalue weighted by Gasteiger charge is 2.43. The summed E-state index contributed by atoms with van der Waals surface area (Å²) in [5.74, 6) is -0.478. The van der Waals surface area contributed by atoms with E-state index in [-0.39, 0.29) is 4.90 Å². The summed E-state index contributed by atoms with van der Waals surface area (Å²) < 4.78 is 27.2. The number of amides is 3. The van der Waals surface area contributed by atoms with Crippen LogP contribution in [-0.2, 0) is 20.4 Å². The summed E-state index contributed by atoms with van der Waals surface area (Å²) in [5.41, 5.74) is -0.0335. The van der Waals surface area contributed by atoms with Crippen molar-refractivity contribution in [2.45, 2.75) is 17.4 Å². The third kappa shape index (κ3) is 3.10. The van der Waals surface area contributed by atoms with Crippen LogP contribution in [0.3, 0.4) is 0 Å². The second-order valence-corrected chi connectivity index (χ2v) is 7.53. The Morgan fingerprint density at radius 3 is 2.15 bits per heavy atom. The number of rotatable bonds is 4. The Balaban J connectivity index is 1.82. The van der Waals surface area contributed by atoms with E-state index in [1.165, 1.54) is 36.4 Å². The largest absolute Gasteiger partial charge is 0.322 e. The van der Waals surface area contributed by atoms with E-state index in [1.807, 2.05) is 6.07 Å². The van der Waals surface area contributed by atoms with E-state index >= 15 is 0 Å². The fourth-order valence-electron chi connectivity index (χ4n) is 2.54. The highest BCUT2D eigenvalue weighted by atomic mass is 32.2. The van der Waals surface area contributed by atoms with Crippen molar-refractivity contribution in [3.63, 3.8) is 0 Å². The lowest BCUT2D eigenvalue weighted by Gasteiger charge is -2.21. The Morgan fingerprint density at radius 2 is 1.65 bits per heavy atom. The number of sulfonamides is 1. The van der Waals surface area contributed by atoms with Crippen LogP contribution >= 0.6 is 0 Å². The molecule has 1 heterocycles. The van der Waals surface area contributed by atoms with Gasteiger partial charge in [-0.1, -0.05) is 12.1 Å². The minimum Gasteiger partial charge on any atom is -0.320 e. The second kappa shape index (κ2) is 6.16. The van der Waals surface area contributed by atoms with E-state index in [9.17, 15) is 18.0 Å². The fourth-order valence-corrected chi connectivity index (χ4v) is 3.60. The lowest BCUT2D eigenvalue weighted by atomic mass is 9.92. The van der Waals surface area contributed by atoms with Gasteiger partial charge in [-0.15, -0.1) is 0 Å². The number of nitriles is 1. The molecule has 0 unspecified atom stereocenters. The monoisotopic (exact) mass is 370 g/mol. The second-order valence-electron chi connectivity index (χ2n) is 5.85. The first-order valence-corrected chi connectivity index (χ1v) is 9.00. The van der Waals surface area contributed by atoms with E-state index in [0.717, 1.165) is 0 Å². The van der Waals surface area contributed by atoms with Gasteiger partial charge in [0.25, 0.3) is 15.9 Å². The Kier molecular flexibility index (Phi) is 4.13. The molecule has 1 atom stereocenters. The van der Waals surface area contributed by atoms with Crippen LogP contribution in [0, 0.1) is 11.3 Å². The van der Waals surface area contributed by atoms with Gasteiger partial charge in [0, 0.05) is 5.69 Å². The van der Waals surface area contributed by atoms with Crippen LogP contribution in [0.4, 0.5) is 10.5 Å². The topological polar surface area (TPSA) is 128 Å². The third-order valence-electron chi connectivity index (χ3n) is 4.05. The van der Waals surface area contributed by atoms with Crippen LogP contribution in [0.5, 0.6) is 0 Å². The van der Waals surface area contributed by atoms with Crippen LogP contribution in [0.15, 0.2) is 53.4 Å². The SMILES string of the molecule is C[C@]1(c2ccc(NS(=O)(=O)c3ccc(C#N)cc3)cc2)NC(=O)NC1=O. The fraction of sp³-hybridized carbons (Fsp3) is 0.118. The van der Waals surface area contributed by atoms with Crippen molar-refractivity contribution in [2.75, 3.05) is 4.72 Å². The smallest absolute Gasteiger partial charge is 0.320 e. The Labute approximate surface area is 149 Å². The van der Waals surface area contributed by atoms with Gasteiger partial charge in [-0.05, 0) is 48.9 Å². The molecule has 0 spiro atoms. The average Bonchev–Trinajstić information content (AvgIpc) is 2.88. The van der Waals surface area contributed by atoms with Gasteiger partial charge >= 0.3 is 6.03 Å². The van der Waals surface area contributed by atoms with E-state index in [2.05, 4.69) is 15.4 Å². The van der Waals surface area contributed by atoms with Crippen LogP contribution in [0.2, 0.25) is 0 Å². The van der Waals surface area contributed by atoms with Crippen molar-refractivity contribution < 1.29 is 18.0 Å². The molecular formula is C17H14N4O4S. The van der Waals surface area contributed by atoms with Gasteiger partial charge in [-0.25, -0.2) is 13.2 Å². The lowest BCUT2D eigenvalue weighted by Crippen LogP contribution is -2.40. The molecule has 3 amide bonds. The third-order valence-corrected chi connectivity index (χ3v) is 5.45. The predicted molar refractivity (Wildman–Crippen MR) is 92.4 cm³/mol. The molecule has 0 aliphatic carbocycles. The van der Waals surface area contributed by atoms with Gasteiger partial charge in [0.1, 0.15) is 5.54 Å². The molecule has 1 saturated heterocycles. The molecule has 2 aromatic rings. The lowest BCUT2D eigenvalue weighted by molar-refractivity contribution is -0.123. The Morgan fingerprint density at radius 1 is 1.04 bits per heavy atom. The van der Waals surface area contributed by atoms with Gasteiger partial charge < -0.3 is 5.32 Å². The number of nitrogens with zero attached hydrogens (tertiary/aromatic N) is 1. The van der Waals surface area contributed by atoms with E-state index < -0.39 is 27.5 Å². The van der Waals surface area contributed by atoms with Gasteiger partial charge in [-0.3, -0.25) is 14.8 Å². The highest BCUT2D eigenvalue weighted by molar-refractivity contribution is 7.92. The molecular weight excluding hydrogens is 356 g/mol. The standard InChI is InChI=1S/C17H14N4O4S/c1-17(15(22)19-16(23)20-17)12-4-6-13(7-5-12)21-26(24,25)14-8-2-11(10-18)3-9-14/h2-9,21H,1H3,(H2,19,20,22,23)/t17-/m1/s1. The predicted octanol–water partition coefficient (Wildman–Crippen LogP) is 1.41. The van der Waals surface area contributed by atoms with Crippen molar-refractivity contribution in [2.24, 2.45) is 0 Å². The molecule has 0 bridgehead atoms. The first kappa shape index (κ1) is 17.4. The summed E-state index contributed by atoms with van der Waals surface area (Å²) in [5, 5.41) is 13.5. The molecule has 1 aliphatic heterocycles. The van der Waals surface area contributed by atoms with E-state index in [1.54, 1.807) is 19.1 Å². The molecule has 132 valence electrons. The molecule has 1 aliphatic rings. The summed E-state index contributed by atoms with van der Waals surface area (Å²) >= 11 is 0. The quantitative estimate of drug-likeness (QED) is 0.701. The number of carbonyl (C=O) groups is 2. The highest BCUT2D eigenvalue weighted by Crippen LogP contribution is 2.26. The van der Waals surface area contributed by atoms with Crippen molar-refractivity contribution in [3.8, 4) is 6.07 Å². The molecule has 1 fully saturated rings. The summed E-state index contributed by atoms with van der Waals surface area (Å²) in [6, 6.07) is 13.0. The maximum Gasteiger partial charge on any atom is 0.322 e. The number of benzene rings is 2. The Hall–Kier alpha value is -3.38. The van der Waals surface area contributed by atoms with Gasteiger partial charge in [0.05, 0.1) is 16.5 Å². The molecule has 0 saturated carbocycles. The van der Waals surface area contributed by atoms with Crippen molar-refractivity contribution >= 4 is 27.6 Å². The summed E-state index contributed by atoms with van der Waals surface area (Å²) in [4.78, 5) is 23.3. The molecule has 26 heavy (non-hydrogen) atoms. The molecule has 0 aromatic heterocycles. The van der Waals surface area contributed by atoms with Crippen molar-refractivity contribution in [3.05, 3.63) is 59.7 Å². The molecule has 2 aromatic carbocycles. The number of anilines is 1. The first-order valence-electron chi connectivity index (χ1n) is 7.52. The van der Waals surface area contributed by atoms with Crippen LogP contribution in [0.25, 0.3) is 0 Å². The molecule has 3 rings (SSSR count). The number of hydrogen-bond acceptors (Lipinski definition) is 5. The molecule has 0 radical (unpaired) electrons. The summed E-state index contributed by atoms with van der Waals surface area (Å²) in [6.45, 7) is 1.56. The van der Waals surface area contributed by atoms with E-state index in [0.29, 0.717) is 16.8 Å². The number of nitrogens with one attached hydrogen (secondary N) is 3. The van der Waals surface area contributed by atoms with E-state index in [4.69, 9.17) is 5.26 Å². The number of carbonyl (C=O) groups excluding carboxylic acids is 2. The molecule has 8 nitrogen and oxygen atoms in total. The summed E-state index contributed by atoms with van der Waals surface area (Å²) in [7, 11) is -3.81. The normalized spacial score (nSPS) is 19.4. The zero-order chi connectivity index (χ0) is 18.9. The van der Waals surface area contributed by atoms with Crippen molar-refractivity contribution in [1.82, 2.24) is 10.6 Å². The Bertz CT molecular complexity index is 1020. The van der Waals surface area contributed by atoms with Gasteiger partial charge in [-0.2, -0.15) is 5.26 Å². The first-order chi connectivity index (χ1) is 12.2. The zero-order valence-electron chi connectivity index (χ0n) is 13.6. The number of imide groups is 1. The maximum absolute atomic E-state index is 12.4. The minimum absolute atomic E-state index is 0.0231. The van der Waals surface area contributed by atoms with Crippen LogP contribution < -0.4 is 15.4 Å². The number of urea groups is 1. The number of hydrogen-bond donors (Lipinski definition) is 3. The maximum atomic E-state index is 12.4. The summed E-state index contributed by atoms with van der Waals surface area (Å²) in [6.07, 6.45) is 0. The molecule has 3 N–H and O–H groups in total.